The smallest absolute Gasteiger partial charge is 0.308 e. The minimum absolute atomic E-state index is 0.0720. The second-order valence-electron chi connectivity index (χ2n) is 5.52. The van der Waals surface area contributed by atoms with Gasteiger partial charge in [-0.15, -0.1) is 0 Å². The lowest BCUT2D eigenvalue weighted by Gasteiger charge is -2.19. The van der Waals surface area contributed by atoms with E-state index in [1.165, 1.54) is 12.4 Å². The van der Waals surface area contributed by atoms with Gasteiger partial charge in [0.2, 0.25) is 0 Å². The molecule has 28 heavy (non-hydrogen) atoms. The molecule has 2 rings (SSSR count). The van der Waals surface area contributed by atoms with Gasteiger partial charge in [0.1, 0.15) is 0 Å². The summed E-state index contributed by atoms with van der Waals surface area (Å²) in [5, 5.41) is 0. The molecule has 0 N–H and O–H groups in total. The molecular formula is C19H17NO8. The highest BCUT2D eigenvalue weighted by molar-refractivity contribution is 5.90. The summed E-state index contributed by atoms with van der Waals surface area (Å²) >= 11 is 0. The number of hydrogen-bond donors (Lipinski definition) is 0. The fourth-order valence-corrected chi connectivity index (χ4v) is 2.33. The summed E-state index contributed by atoms with van der Waals surface area (Å²) < 4.78 is 20.7. The molecule has 0 aliphatic rings. The number of benzene rings is 1. The van der Waals surface area contributed by atoms with Crippen molar-refractivity contribution in [3.8, 4) is 34.1 Å². The monoisotopic (exact) mass is 387 g/mol. The van der Waals surface area contributed by atoms with Crippen LogP contribution in [-0.4, -0.2) is 28.9 Å². The SMILES string of the molecule is CC(=O)Oc1cc(OC(C)=O)c(OC(C)=O)c(-c2ccncc2)c1OC(C)=O. The van der Waals surface area contributed by atoms with Crippen molar-refractivity contribution in [3.05, 3.63) is 30.6 Å². The van der Waals surface area contributed by atoms with Gasteiger partial charge in [0.15, 0.2) is 23.0 Å². The third kappa shape index (κ3) is 5.13. The van der Waals surface area contributed by atoms with Gasteiger partial charge in [0.25, 0.3) is 0 Å². The molecule has 146 valence electrons. The number of aromatic nitrogens is 1. The molecule has 0 unspecified atom stereocenters. The average molecular weight is 387 g/mol. The van der Waals surface area contributed by atoms with E-state index < -0.39 is 23.9 Å². The molecule has 0 radical (unpaired) electrons. The first-order valence-corrected chi connectivity index (χ1v) is 8.04. The molecule has 0 saturated carbocycles. The highest BCUT2D eigenvalue weighted by Crippen LogP contribution is 2.50. The fraction of sp³-hybridized carbons (Fsp3) is 0.211. The van der Waals surface area contributed by atoms with E-state index in [0.29, 0.717) is 5.56 Å². The van der Waals surface area contributed by atoms with Crippen LogP contribution in [0.3, 0.4) is 0 Å². The lowest BCUT2D eigenvalue weighted by atomic mass is 10.0. The van der Waals surface area contributed by atoms with Crippen LogP contribution in [0.15, 0.2) is 30.6 Å². The molecule has 0 aliphatic carbocycles. The number of carbonyl (C=O) groups excluding carboxylic acids is 4. The third-order valence-electron chi connectivity index (χ3n) is 3.13. The third-order valence-corrected chi connectivity index (χ3v) is 3.13. The summed E-state index contributed by atoms with van der Waals surface area (Å²) in [7, 11) is 0. The minimum atomic E-state index is -0.710. The van der Waals surface area contributed by atoms with E-state index in [9.17, 15) is 19.2 Å². The molecule has 1 aromatic heterocycles. The van der Waals surface area contributed by atoms with Gasteiger partial charge >= 0.3 is 23.9 Å². The van der Waals surface area contributed by atoms with Gasteiger partial charge in [-0.3, -0.25) is 24.2 Å². The van der Waals surface area contributed by atoms with E-state index in [0.717, 1.165) is 33.8 Å². The fourth-order valence-electron chi connectivity index (χ4n) is 2.33. The van der Waals surface area contributed by atoms with E-state index in [2.05, 4.69) is 4.98 Å². The van der Waals surface area contributed by atoms with Crippen molar-refractivity contribution in [1.29, 1.82) is 0 Å². The Morgan fingerprint density at radius 2 is 1.07 bits per heavy atom. The van der Waals surface area contributed by atoms with E-state index in [-0.39, 0.29) is 28.6 Å². The number of rotatable bonds is 5. The number of carbonyl (C=O) groups is 4. The zero-order valence-electron chi connectivity index (χ0n) is 15.6. The predicted molar refractivity (Wildman–Crippen MR) is 94.9 cm³/mol. The Bertz CT molecular complexity index is 882. The van der Waals surface area contributed by atoms with Gasteiger partial charge in [0, 0.05) is 46.2 Å². The van der Waals surface area contributed by atoms with Crippen molar-refractivity contribution >= 4 is 23.9 Å². The molecule has 9 nitrogen and oxygen atoms in total. The van der Waals surface area contributed by atoms with Crippen LogP contribution in [0.2, 0.25) is 0 Å². The Kier molecular flexibility index (Phi) is 6.43. The predicted octanol–water partition coefficient (Wildman–Crippen LogP) is 2.45. The first kappa shape index (κ1) is 20.6. The molecule has 0 fully saturated rings. The minimum Gasteiger partial charge on any atom is -0.423 e. The summed E-state index contributed by atoms with van der Waals surface area (Å²) in [5.74, 6) is -3.58. The summed E-state index contributed by atoms with van der Waals surface area (Å²) in [6.45, 7) is 4.60. The van der Waals surface area contributed by atoms with Crippen molar-refractivity contribution in [2.24, 2.45) is 0 Å². The van der Waals surface area contributed by atoms with Gasteiger partial charge < -0.3 is 18.9 Å². The van der Waals surface area contributed by atoms with Crippen LogP contribution in [0.4, 0.5) is 0 Å². The number of pyridine rings is 1. The molecule has 0 saturated heterocycles. The van der Waals surface area contributed by atoms with Crippen LogP contribution >= 0.6 is 0 Å². The zero-order valence-corrected chi connectivity index (χ0v) is 15.6. The molecule has 0 spiro atoms. The van der Waals surface area contributed by atoms with Gasteiger partial charge in [-0.05, 0) is 17.7 Å². The number of hydrogen-bond acceptors (Lipinski definition) is 9. The standard InChI is InChI=1S/C19H17NO8/c1-10(21)25-15-9-16(26-11(2)22)19(28-13(4)24)17(18(15)27-12(3)23)14-5-7-20-8-6-14/h5-9H,1-4H3. The van der Waals surface area contributed by atoms with E-state index in [1.807, 2.05) is 0 Å². The molecule has 1 heterocycles. The lowest BCUT2D eigenvalue weighted by Crippen LogP contribution is -2.13. The molecule has 0 aliphatic heterocycles. The van der Waals surface area contributed by atoms with Crippen LogP contribution in [0.5, 0.6) is 23.0 Å². The Hall–Kier alpha value is -3.75. The van der Waals surface area contributed by atoms with Crippen molar-refractivity contribution in [3.63, 3.8) is 0 Å². The molecule has 9 heteroatoms. The maximum Gasteiger partial charge on any atom is 0.308 e. The first-order valence-electron chi connectivity index (χ1n) is 8.04. The summed E-state index contributed by atoms with van der Waals surface area (Å²) in [6, 6.07) is 4.22. The average Bonchev–Trinajstić information content (AvgIpc) is 2.57. The molecule has 0 amide bonds. The van der Waals surface area contributed by atoms with Gasteiger partial charge in [0.05, 0.1) is 5.56 Å². The second-order valence-corrected chi connectivity index (χ2v) is 5.52. The molecule has 0 atom stereocenters. The number of esters is 4. The molecule has 1 aromatic carbocycles. The highest BCUT2D eigenvalue weighted by Gasteiger charge is 2.28. The Labute approximate surface area is 160 Å². The van der Waals surface area contributed by atoms with Crippen LogP contribution in [0.25, 0.3) is 11.1 Å². The normalized spacial score (nSPS) is 10.0. The quantitative estimate of drug-likeness (QED) is 0.563. The van der Waals surface area contributed by atoms with E-state index >= 15 is 0 Å². The van der Waals surface area contributed by atoms with Crippen molar-refractivity contribution in [2.75, 3.05) is 0 Å². The summed E-state index contributed by atoms with van der Waals surface area (Å²) in [6.07, 6.45) is 2.91. The van der Waals surface area contributed by atoms with Crippen LogP contribution in [0.1, 0.15) is 27.7 Å². The van der Waals surface area contributed by atoms with Crippen molar-refractivity contribution in [2.45, 2.75) is 27.7 Å². The largest absolute Gasteiger partial charge is 0.423 e. The number of nitrogens with zero attached hydrogens (tertiary/aromatic N) is 1. The van der Waals surface area contributed by atoms with Crippen LogP contribution < -0.4 is 18.9 Å². The Balaban J connectivity index is 2.92. The summed E-state index contributed by atoms with van der Waals surface area (Å²) in [5.41, 5.74) is 0.479. The Morgan fingerprint density at radius 1 is 0.679 bits per heavy atom. The number of ether oxygens (including phenoxy) is 4. The zero-order chi connectivity index (χ0) is 20.8. The first-order chi connectivity index (χ1) is 13.2. The van der Waals surface area contributed by atoms with E-state index in [1.54, 1.807) is 12.1 Å². The maximum absolute atomic E-state index is 11.7. The second kappa shape index (κ2) is 8.76. The Morgan fingerprint density at radius 3 is 1.43 bits per heavy atom. The van der Waals surface area contributed by atoms with Crippen LogP contribution in [0, 0.1) is 0 Å². The maximum atomic E-state index is 11.7. The topological polar surface area (TPSA) is 118 Å². The molecule has 0 bridgehead atoms. The molecular weight excluding hydrogens is 370 g/mol. The van der Waals surface area contributed by atoms with Gasteiger partial charge in [-0.25, -0.2) is 0 Å². The molecule has 2 aromatic rings. The lowest BCUT2D eigenvalue weighted by molar-refractivity contribution is -0.135. The van der Waals surface area contributed by atoms with E-state index in [4.69, 9.17) is 18.9 Å². The summed E-state index contributed by atoms with van der Waals surface area (Å²) in [4.78, 5) is 50.3. The highest BCUT2D eigenvalue weighted by atomic mass is 16.6. The van der Waals surface area contributed by atoms with Crippen LogP contribution in [-0.2, 0) is 19.2 Å². The van der Waals surface area contributed by atoms with Gasteiger partial charge in [-0.2, -0.15) is 0 Å². The van der Waals surface area contributed by atoms with Crippen molar-refractivity contribution in [1.82, 2.24) is 4.98 Å². The van der Waals surface area contributed by atoms with Gasteiger partial charge in [-0.1, -0.05) is 0 Å². The van der Waals surface area contributed by atoms with Crippen molar-refractivity contribution < 1.29 is 38.1 Å².